The van der Waals surface area contributed by atoms with Crippen molar-refractivity contribution in [2.45, 2.75) is 44.7 Å². The van der Waals surface area contributed by atoms with Crippen molar-refractivity contribution in [3.63, 3.8) is 0 Å². The summed E-state index contributed by atoms with van der Waals surface area (Å²) in [5.41, 5.74) is 0.519. The van der Waals surface area contributed by atoms with Crippen LogP contribution in [0.25, 0.3) is 28.0 Å². The minimum absolute atomic E-state index is 0.0124. The number of fused-ring (bicyclic) bond motifs is 1. The molecule has 1 amide bonds. The van der Waals surface area contributed by atoms with Gasteiger partial charge in [0.1, 0.15) is 41.0 Å². The van der Waals surface area contributed by atoms with Gasteiger partial charge in [0.15, 0.2) is 5.65 Å². The lowest BCUT2D eigenvalue weighted by molar-refractivity contribution is -0.127. The van der Waals surface area contributed by atoms with Gasteiger partial charge in [-0.05, 0) is 57.4 Å². The van der Waals surface area contributed by atoms with Crippen molar-refractivity contribution >= 4 is 22.6 Å². The van der Waals surface area contributed by atoms with E-state index >= 15 is 4.39 Å². The number of piperidine rings is 1. The van der Waals surface area contributed by atoms with Crippen molar-refractivity contribution in [3.05, 3.63) is 72.4 Å². The predicted octanol–water partition coefficient (Wildman–Crippen LogP) is 4.97. The fourth-order valence-corrected chi connectivity index (χ4v) is 6.95. The Balaban J connectivity index is 1.33. The smallest absolute Gasteiger partial charge is 0.266 e. The summed E-state index contributed by atoms with van der Waals surface area (Å²) < 4.78 is 28.8. The molecule has 5 heterocycles. The molecule has 0 N–H and O–H groups in total. The number of nitriles is 1. The average molecular weight is 651 g/mol. The summed E-state index contributed by atoms with van der Waals surface area (Å²) in [5, 5.41) is 16.2. The van der Waals surface area contributed by atoms with E-state index in [1.807, 2.05) is 32.0 Å². The van der Waals surface area contributed by atoms with Gasteiger partial charge in [-0.2, -0.15) is 10.4 Å². The van der Waals surface area contributed by atoms with Gasteiger partial charge in [-0.15, -0.1) is 0 Å². The number of hydrogen-bond donors (Lipinski definition) is 0. The average Bonchev–Trinajstić information content (AvgIpc) is 3.46. The zero-order valence-corrected chi connectivity index (χ0v) is 27.3. The molecule has 0 atom stereocenters. The van der Waals surface area contributed by atoms with E-state index in [1.54, 1.807) is 40.0 Å². The molecule has 3 fully saturated rings. The molecule has 0 bridgehead atoms. The van der Waals surface area contributed by atoms with Gasteiger partial charge in [0.2, 0.25) is 0 Å². The Hall–Kier alpha value is -4.70. The molecule has 0 unspecified atom stereocenters. The second-order valence-corrected chi connectivity index (χ2v) is 13.0. The van der Waals surface area contributed by atoms with Gasteiger partial charge in [0, 0.05) is 57.1 Å². The number of nitrogens with zero attached hydrogens (tertiary/aromatic N) is 8. The number of para-hydroxylation sites is 1. The van der Waals surface area contributed by atoms with Gasteiger partial charge >= 0.3 is 0 Å². The monoisotopic (exact) mass is 650 g/mol. The Bertz CT molecular complexity index is 1870. The van der Waals surface area contributed by atoms with Crippen molar-refractivity contribution in [1.29, 1.82) is 5.26 Å². The number of piperazine rings is 1. The molecule has 2 aromatic heterocycles. The number of halogens is 1. The number of ether oxygens (including phenoxy) is 2. The fourth-order valence-electron chi connectivity index (χ4n) is 6.95. The summed E-state index contributed by atoms with van der Waals surface area (Å²) in [5.74, 6) is 0.0766. The van der Waals surface area contributed by atoms with E-state index in [-0.39, 0.29) is 17.0 Å². The van der Waals surface area contributed by atoms with Crippen LogP contribution in [-0.4, -0.2) is 104 Å². The number of carbonyl (C=O) groups is 1. The highest BCUT2D eigenvalue weighted by Gasteiger charge is 2.41. The van der Waals surface area contributed by atoms with E-state index in [9.17, 15) is 10.1 Å². The van der Waals surface area contributed by atoms with E-state index < -0.39 is 11.4 Å². The summed E-state index contributed by atoms with van der Waals surface area (Å²) in [7, 11) is 0. The Morgan fingerprint density at radius 2 is 1.75 bits per heavy atom. The maximum absolute atomic E-state index is 15.9. The lowest BCUT2D eigenvalue weighted by Gasteiger charge is -2.48. The SMILES string of the molecule is CC(C)(C(=C(C#N)C(=O)N1CCCCC1)n1nc(-c2ccc(Oc3ccccc3)cc2F)c2cncnc21)N1CCN(C2COC2)CC1. The first-order valence-electron chi connectivity index (χ1n) is 16.6. The lowest BCUT2D eigenvalue weighted by atomic mass is 9.92. The van der Waals surface area contributed by atoms with Crippen molar-refractivity contribution in [3.8, 4) is 28.8 Å². The Morgan fingerprint density at radius 1 is 1.00 bits per heavy atom. The third kappa shape index (κ3) is 6.05. The molecule has 3 saturated heterocycles. The maximum atomic E-state index is 15.9. The van der Waals surface area contributed by atoms with Crippen LogP contribution in [0, 0.1) is 17.1 Å². The molecule has 0 saturated carbocycles. The minimum atomic E-state index is -0.828. The summed E-state index contributed by atoms with van der Waals surface area (Å²) in [6.45, 7) is 9.84. The van der Waals surface area contributed by atoms with Crippen LogP contribution in [0.5, 0.6) is 11.5 Å². The van der Waals surface area contributed by atoms with Crippen LogP contribution < -0.4 is 4.74 Å². The van der Waals surface area contributed by atoms with Crippen molar-refractivity contribution in [1.82, 2.24) is 34.4 Å². The van der Waals surface area contributed by atoms with Crippen LogP contribution in [0.1, 0.15) is 33.1 Å². The molecule has 7 rings (SSSR count). The van der Waals surface area contributed by atoms with Crippen LogP contribution in [0.15, 0.2) is 66.6 Å². The van der Waals surface area contributed by atoms with Gasteiger partial charge in [0.05, 0.1) is 35.9 Å². The third-order valence-corrected chi connectivity index (χ3v) is 9.76. The summed E-state index contributed by atoms with van der Waals surface area (Å²) in [4.78, 5) is 29.5. The standard InChI is InChI=1S/C36H39FN8O3/c1-36(2,44-17-15-42(16-18-44)25-22-47-23-25)33(29(20-38)35(46)43-13-7-4-8-14-43)45-34-30(21-39-24-40-34)32(41-45)28-12-11-27(19-31(28)37)48-26-9-5-3-6-10-26/h3,5-6,9-12,19,21,24-25H,4,7-8,13-18,22-23H2,1-2H3. The molecular weight excluding hydrogens is 611 g/mol. The fraction of sp³-hybridized carbons (Fsp3) is 0.417. The maximum Gasteiger partial charge on any atom is 0.266 e. The van der Waals surface area contributed by atoms with Gasteiger partial charge < -0.3 is 14.4 Å². The van der Waals surface area contributed by atoms with Crippen molar-refractivity contribution in [2.24, 2.45) is 0 Å². The van der Waals surface area contributed by atoms with Crippen LogP contribution in [0.3, 0.4) is 0 Å². The van der Waals surface area contributed by atoms with E-state index in [4.69, 9.17) is 14.6 Å². The molecule has 2 aromatic carbocycles. The van der Waals surface area contributed by atoms with Crippen molar-refractivity contribution < 1.29 is 18.7 Å². The number of rotatable bonds is 8. The Labute approximate surface area is 279 Å². The topological polar surface area (TPSA) is 113 Å². The number of aromatic nitrogens is 4. The molecule has 3 aliphatic rings. The molecule has 48 heavy (non-hydrogen) atoms. The zero-order valence-electron chi connectivity index (χ0n) is 27.3. The summed E-state index contributed by atoms with van der Waals surface area (Å²) >= 11 is 0. The first-order chi connectivity index (χ1) is 23.3. The van der Waals surface area contributed by atoms with E-state index in [0.717, 1.165) is 58.7 Å². The normalized spacial score (nSPS) is 18.7. The van der Waals surface area contributed by atoms with E-state index in [1.165, 1.54) is 12.4 Å². The highest BCUT2D eigenvalue weighted by Crippen LogP contribution is 2.38. The first kappa shape index (κ1) is 31.9. The Morgan fingerprint density at radius 3 is 2.42 bits per heavy atom. The largest absolute Gasteiger partial charge is 0.457 e. The lowest BCUT2D eigenvalue weighted by Crippen LogP contribution is -2.60. The molecule has 3 aliphatic heterocycles. The van der Waals surface area contributed by atoms with Gasteiger partial charge in [0.25, 0.3) is 5.91 Å². The molecule has 0 aliphatic carbocycles. The molecular formula is C36H39FN8O3. The Kier molecular flexibility index (Phi) is 8.92. The molecule has 4 aromatic rings. The van der Waals surface area contributed by atoms with E-state index in [2.05, 4.69) is 25.8 Å². The van der Waals surface area contributed by atoms with Crippen LogP contribution in [0.2, 0.25) is 0 Å². The quantitative estimate of drug-likeness (QED) is 0.193. The highest BCUT2D eigenvalue weighted by atomic mass is 19.1. The number of carbonyl (C=O) groups excluding carboxylic acids is 1. The molecule has 12 heteroatoms. The second kappa shape index (κ2) is 13.4. The van der Waals surface area contributed by atoms with Crippen LogP contribution in [0.4, 0.5) is 4.39 Å². The van der Waals surface area contributed by atoms with Crippen molar-refractivity contribution in [2.75, 3.05) is 52.5 Å². The number of hydrogen-bond acceptors (Lipinski definition) is 9. The van der Waals surface area contributed by atoms with Crippen LogP contribution in [-0.2, 0) is 9.53 Å². The highest BCUT2D eigenvalue weighted by molar-refractivity contribution is 6.05. The third-order valence-electron chi connectivity index (χ3n) is 9.76. The minimum Gasteiger partial charge on any atom is -0.457 e. The van der Waals surface area contributed by atoms with Gasteiger partial charge in [-0.25, -0.2) is 19.0 Å². The second-order valence-electron chi connectivity index (χ2n) is 13.0. The number of likely N-dealkylation sites (tertiary alicyclic amines) is 1. The number of amides is 1. The van der Waals surface area contributed by atoms with Gasteiger partial charge in [-0.3, -0.25) is 14.6 Å². The molecule has 0 spiro atoms. The molecule has 0 radical (unpaired) electrons. The molecule has 11 nitrogen and oxygen atoms in total. The summed E-state index contributed by atoms with van der Waals surface area (Å²) in [6.07, 6.45) is 5.83. The number of benzene rings is 2. The van der Waals surface area contributed by atoms with E-state index in [0.29, 0.717) is 53.1 Å². The zero-order chi connectivity index (χ0) is 33.3. The van der Waals surface area contributed by atoms with Crippen LogP contribution >= 0.6 is 0 Å². The molecule has 248 valence electrons. The first-order valence-corrected chi connectivity index (χ1v) is 16.6. The van der Waals surface area contributed by atoms with Gasteiger partial charge in [-0.1, -0.05) is 18.2 Å². The summed E-state index contributed by atoms with van der Waals surface area (Å²) in [6, 6.07) is 16.5. The predicted molar refractivity (Wildman–Crippen MR) is 178 cm³/mol.